The summed E-state index contributed by atoms with van der Waals surface area (Å²) < 4.78 is 7.00. The van der Waals surface area contributed by atoms with E-state index in [0.29, 0.717) is 12.6 Å². The molecule has 0 amide bonds. The minimum absolute atomic E-state index is 0.504. The van der Waals surface area contributed by atoms with Crippen molar-refractivity contribution in [2.75, 3.05) is 0 Å². The molecule has 3 rings (SSSR count). The van der Waals surface area contributed by atoms with Crippen LogP contribution in [0.1, 0.15) is 29.7 Å². The van der Waals surface area contributed by atoms with E-state index < -0.39 is 0 Å². The summed E-state index contributed by atoms with van der Waals surface area (Å²) in [6, 6.07) is 10.8. The Hall–Kier alpha value is -1.39. The maximum Gasteiger partial charge on any atom is 0.130 e. The van der Waals surface area contributed by atoms with Gasteiger partial charge in [0.1, 0.15) is 12.4 Å². The number of pyridine rings is 1. The second kappa shape index (κ2) is 6.58. The van der Waals surface area contributed by atoms with Crippen LogP contribution in [0.3, 0.4) is 0 Å². The zero-order chi connectivity index (χ0) is 14.7. The predicted octanol–water partition coefficient (Wildman–Crippen LogP) is 3.98. The Bertz CT molecular complexity index is 626. The minimum Gasteiger partial charge on any atom is -0.487 e. The molecule has 1 fully saturated rings. The van der Waals surface area contributed by atoms with E-state index in [4.69, 9.17) is 4.74 Å². The molecule has 4 heteroatoms. The summed E-state index contributed by atoms with van der Waals surface area (Å²) in [6.07, 6.45) is 4.40. The highest BCUT2D eigenvalue weighted by atomic mass is 79.9. The third-order valence-corrected chi connectivity index (χ3v) is 4.44. The monoisotopic (exact) mass is 346 g/mol. The predicted molar refractivity (Wildman–Crippen MR) is 87.3 cm³/mol. The molecule has 0 bridgehead atoms. The Morgan fingerprint density at radius 2 is 2.19 bits per heavy atom. The van der Waals surface area contributed by atoms with E-state index in [1.54, 1.807) is 6.20 Å². The number of halogens is 1. The van der Waals surface area contributed by atoms with E-state index in [1.165, 1.54) is 18.4 Å². The molecule has 0 spiro atoms. The number of aryl methyl sites for hydroxylation is 1. The van der Waals surface area contributed by atoms with Crippen LogP contribution in [0.5, 0.6) is 5.75 Å². The van der Waals surface area contributed by atoms with Gasteiger partial charge < -0.3 is 10.1 Å². The summed E-state index contributed by atoms with van der Waals surface area (Å²) in [5.41, 5.74) is 3.38. The van der Waals surface area contributed by atoms with Gasteiger partial charge in [-0.1, -0.05) is 22.0 Å². The van der Waals surface area contributed by atoms with Crippen LogP contribution < -0.4 is 10.1 Å². The standard InChI is InChI=1S/C17H19BrN2O/c1-12-3-2-8-19-17(12)11-21-15-6-7-16(18)13(9-15)10-20-14-4-5-14/h2-3,6-9,14,20H,4-5,10-11H2,1H3. The Morgan fingerprint density at radius 1 is 1.33 bits per heavy atom. The Balaban J connectivity index is 1.64. The van der Waals surface area contributed by atoms with Crippen LogP contribution in [-0.4, -0.2) is 11.0 Å². The number of hydrogen-bond donors (Lipinski definition) is 1. The maximum absolute atomic E-state index is 5.88. The highest BCUT2D eigenvalue weighted by molar-refractivity contribution is 9.10. The third-order valence-electron chi connectivity index (χ3n) is 3.67. The molecule has 1 aromatic heterocycles. The van der Waals surface area contributed by atoms with Crippen LogP contribution in [0.15, 0.2) is 41.0 Å². The Labute approximate surface area is 133 Å². The SMILES string of the molecule is Cc1cccnc1COc1ccc(Br)c(CNC2CC2)c1. The van der Waals surface area contributed by atoms with Crippen molar-refractivity contribution in [1.29, 1.82) is 0 Å². The summed E-state index contributed by atoms with van der Waals surface area (Å²) in [4.78, 5) is 4.35. The van der Waals surface area contributed by atoms with Crippen molar-refractivity contribution in [3.63, 3.8) is 0 Å². The second-order valence-corrected chi connectivity index (χ2v) is 6.32. The first kappa shape index (κ1) is 14.5. The lowest BCUT2D eigenvalue weighted by Gasteiger charge is -2.11. The molecule has 21 heavy (non-hydrogen) atoms. The van der Waals surface area contributed by atoms with Gasteiger partial charge in [-0.25, -0.2) is 0 Å². The molecular weight excluding hydrogens is 328 g/mol. The molecule has 1 aliphatic carbocycles. The van der Waals surface area contributed by atoms with Crippen LogP contribution in [0.4, 0.5) is 0 Å². The number of benzene rings is 1. The van der Waals surface area contributed by atoms with E-state index in [-0.39, 0.29) is 0 Å². The number of ether oxygens (including phenoxy) is 1. The van der Waals surface area contributed by atoms with Crippen LogP contribution >= 0.6 is 15.9 Å². The van der Waals surface area contributed by atoms with Gasteiger partial charge in [0.15, 0.2) is 0 Å². The number of rotatable bonds is 6. The zero-order valence-electron chi connectivity index (χ0n) is 12.1. The molecule has 0 aliphatic heterocycles. The highest BCUT2D eigenvalue weighted by Crippen LogP contribution is 2.25. The summed E-state index contributed by atoms with van der Waals surface area (Å²) in [5.74, 6) is 0.885. The molecule has 0 unspecified atom stereocenters. The normalized spacial score (nSPS) is 14.2. The molecule has 1 heterocycles. The summed E-state index contributed by atoms with van der Waals surface area (Å²) >= 11 is 3.60. The van der Waals surface area contributed by atoms with Crippen LogP contribution in [-0.2, 0) is 13.2 Å². The van der Waals surface area contributed by atoms with Gasteiger partial charge in [-0.3, -0.25) is 4.98 Å². The van der Waals surface area contributed by atoms with Crippen molar-refractivity contribution < 1.29 is 4.74 Å². The van der Waals surface area contributed by atoms with Gasteiger partial charge in [-0.05, 0) is 55.2 Å². The van der Waals surface area contributed by atoms with E-state index in [0.717, 1.165) is 28.0 Å². The Morgan fingerprint density at radius 3 is 2.95 bits per heavy atom. The van der Waals surface area contributed by atoms with Crippen molar-refractivity contribution in [1.82, 2.24) is 10.3 Å². The van der Waals surface area contributed by atoms with Gasteiger partial charge in [0.2, 0.25) is 0 Å². The zero-order valence-corrected chi connectivity index (χ0v) is 13.7. The molecule has 3 nitrogen and oxygen atoms in total. The molecule has 0 atom stereocenters. The average molecular weight is 347 g/mol. The van der Waals surface area contributed by atoms with Crippen molar-refractivity contribution in [3.8, 4) is 5.75 Å². The van der Waals surface area contributed by atoms with Gasteiger partial charge in [0.25, 0.3) is 0 Å². The first-order valence-electron chi connectivity index (χ1n) is 7.27. The van der Waals surface area contributed by atoms with Gasteiger partial charge in [0.05, 0.1) is 5.69 Å². The summed E-state index contributed by atoms with van der Waals surface area (Å²) in [7, 11) is 0. The molecule has 1 aromatic carbocycles. The quantitative estimate of drug-likeness (QED) is 0.858. The molecule has 110 valence electrons. The minimum atomic E-state index is 0.504. The highest BCUT2D eigenvalue weighted by Gasteiger charge is 2.20. The van der Waals surface area contributed by atoms with Crippen LogP contribution in [0.25, 0.3) is 0 Å². The fraction of sp³-hybridized carbons (Fsp3) is 0.353. The Kier molecular flexibility index (Phi) is 4.56. The van der Waals surface area contributed by atoms with Crippen molar-refractivity contribution >= 4 is 15.9 Å². The van der Waals surface area contributed by atoms with E-state index in [9.17, 15) is 0 Å². The molecule has 0 saturated heterocycles. The molecule has 1 N–H and O–H groups in total. The average Bonchev–Trinajstić information content (AvgIpc) is 3.31. The topological polar surface area (TPSA) is 34.1 Å². The van der Waals surface area contributed by atoms with Crippen molar-refractivity contribution in [3.05, 3.63) is 57.8 Å². The second-order valence-electron chi connectivity index (χ2n) is 5.46. The smallest absolute Gasteiger partial charge is 0.130 e. The molecule has 0 radical (unpaired) electrons. The number of nitrogens with one attached hydrogen (secondary N) is 1. The van der Waals surface area contributed by atoms with Crippen LogP contribution in [0, 0.1) is 6.92 Å². The summed E-state index contributed by atoms with van der Waals surface area (Å²) in [6.45, 7) is 3.44. The van der Waals surface area contributed by atoms with E-state index in [2.05, 4.69) is 45.3 Å². The van der Waals surface area contributed by atoms with Gasteiger partial charge in [-0.2, -0.15) is 0 Å². The maximum atomic E-state index is 5.88. The molecule has 1 aliphatic rings. The van der Waals surface area contributed by atoms with Crippen molar-refractivity contribution in [2.45, 2.75) is 39.0 Å². The third kappa shape index (κ3) is 4.05. The van der Waals surface area contributed by atoms with E-state index in [1.807, 2.05) is 18.2 Å². The number of hydrogen-bond acceptors (Lipinski definition) is 3. The molecule has 2 aromatic rings. The summed E-state index contributed by atoms with van der Waals surface area (Å²) in [5, 5.41) is 3.53. The number of aromatic nitrogens is 1. The van der Waals surface area contributed by atoms with Crippen molar-refractivity contribution in [2.24, 2.45) is 0 Å². The lowest BCUT2D eigenvalue weighted by molar-refractivity contribution is 0.300. The van der Waals surface area contributed by atoms with Gasteiger partial charge in [0, 0.05) is 23.3 Å². The number of nitrogens with zero attached hydrogens (tertiary/aromatic N) is 1. The fourth-order valence-electron chi connectivity index (χ4n) is 2.14. The molecule has 1 saturated carbocycles. The molecular formula is C17H19BrN2O. The fourth-order valence-corrected chi connectivity index (χ4v) is 2.53. The first-order valence-corrected chi connectivity index (χ1v) is 8.07. The van der Waals surface area contributed by atoms with E-state index >= 15 is 0 Å². The first-order chi connectivity index (χ1) is 10.2. The lowest BCUT2D eigenvalue weighted by atomic mass is 10.2. The van der Waals surface area contributed by atoms with Gasteiger partial charge >= 0.3 is 0 Å². The lowest BCUT2D eigenvalue weighted by Crippen LogP contribution is -2.15. The van der Waals surface area contributed by atoms with Gasteiger partial charge in [-0.15, -0.1) is 0 Å². The largest absolute Gasteiger partial charge is 0.487 e. The van der Waals surface area contributed by atoms with Crippen LogP contribution in [0.2, 0.25) is 0 Å².